The summed E-state index contributed by atoms with van der Waals surface area (Å²) in [6.07, 6.45) is 1.15. The first kappa shape index (κ1) is 19.6. The zero-order chi connectivity index (χ0) is 20.3. The highest BCUT2D eigenvalue weighted by Crippen LogP contribution is 2.27. The lowest BCUT2D eigenvalue weighted by molar-refractivity contribution is -0.130. The number of aryl methyl sites for hydroxylation is 1. The summed E-state index contributed by atoms with van der Waals surface area (Å²) in [5.74, 6) is -0.0362. The summed E-state index contributed by atoms with van der Waals surface area (Å²) in [5.41, 5.74) is 1.29. The number of benzene rings is 2. The number of hydrogen-bond donors (Lipinski definition) is 1. The highest BCUT2D eigenvalue weighted by molar-refractivity contribution is 6.11. The second-order valence-electron chi connectivity index (χ2n) is 7.12. The van der Waals surface area contributed by atoms with Crippen LogP contribution in [0.15, 0.2) is 48.5 Å². The van der Waals surface area contributed by atoms with Crippen LogP contribution in [0.25, 0.3) is 0 Å². The summed E-state index contributed by atoms with van der Waals surface area (Å²) in [6.45, 7) is 3.42. The van der Waals surface area contributed by atoms with Gasteiger partial charge in [-0.3, -0.25) is 14.5 Å². The molecule has 1 aliphatic heterocycles. The van der Waals surface area contributed by atoms with Crippen molar-refractivity contribution in [2.24, 2.45) is 0 Å². The molecule has 0 aliphatic carbocycles. The lowest BCUT2D eigenvalue weighted by Crippen LogP contribution is -2.46. The number of ketones is 1. The maximum atomic E-state index is 13.0. The minimum Gasteiger partial charge on any atom is -0.496 e. The number of nitrogens with one attached hydrogen (secondary N) is 1. The fourth-order valence-corrected chi connectivity index (χ4v) is 3.40. The summed E-state index contributed by atoms with van der Waals surface area (Å²) in [5, 5.41) is 2.73. The van der Waals surface area contributed by atoms with E-state index in [9.17, 15) is 14.4 Å². The topological polar surface area (TPSA) is 75.7 Å². The molecule has 2 aromatic carbocycles. The molecule has 1 N–H and O–H groups in total. The van der Waals surface area contributed by atoms with Gasteiger partial charge < -0.3 is 10.1 Å². The van der Waals surface area contributed by atoms with Crippen LogP contribution in [-0.4, -0.2) is 41.8 Å². The van der Waals surface area contributed by atoms with Gasteiger partial charge in [-0.1, -0.05) is 49.4 Å². The number of hydrogen-bond acceptors (Lipinski definition) is 4. The molecular formula is C22H24N2O4. The molecule has 0 bridgehead atoms. The Morgan fingerprint density at radius 1 is 1.11 bits per heavy atom. The first-order valence-electron chi connectivity index (χ1n) is 9.26. The molecule has 2 aromatic rings. The van der Waals surface area contributed by atoms with Gasteiger partial charge >= 0.3 is 6.03 Å². The van der Waals surface area contributed by atoms with Gasteiger partial charge in [0.1, 0.15) is 11.3 Å². The average molecular weight is 380 g/mol. The van der Waals surface area contributed by atoms with Gasteiger partial charge in [-0.25, -0.2) is 4.79 Å². The maximum absolute atomic E-state index is 13.0. The van der Waals surface area contributed by atoms with Gasteiger partial charge in [0.25, 0.3) is 5.91 Å². The number of methoxy groups -OCH3 is 1. The first-order valence-corrected chi connectivity index (χ1v) is 9.26. The van der Waals surface area contributed by atoms with E-state index in [1.54, 1.807) is 32.2 Å². The fraction of sp³-hybridized carbons (Fsp3) is 0.318. The molecule has 0 spiro atoms. The number of carbonyl (C=O) groups excluding carboxylic acids is 3. The smallest absolute Gasteiger partial charge is 0.325 e. The number of nitrogens with zero attached hydrogens (tertiary/aromatic N) is 1. The van der Waals surface area contributed by atoms with Gasteiger partial charge in [-0.15, -0.1) is 0 Å². The Hall–Kier alpha value is -3.15. The largest absolute Gasteiger partial charge is 0.496 e. The van der Waals surface area contributed by atoms with E-state index in [1.165, 1.54) is 0 Å². The molecule has 0 aromatic heterocycles. The van der Waals surface area contributed by atoms with E-state index >= 15 is 0 Å². The average Bonchev–Trinajstić information content (AvgIpc) is 2.91. The molecule has 28 heavy (non-hydrogen) atoms. The molecule has 1 atom stereocenters. The minimum atomic E-state index is -1.13. The van der Waals surface area contributed by atoms with Gasteiger partial charge in [-0.05, 0) is 30.5 Å². The van der Waals surface area contributed by atoms with Crippen molar-refractivity contribution in [3.63, 3.8) is 0 Å². The van der Waals surface area contributed by atoms with E-state index in [2.05, 4.69) is 5.32 Å². The molecule has 1 saturated heterocycles. The number of para-hydroxylation sites is 1. The van der Waals surface area contributed by atoms with Crippen molar-refractivity contribution in [2.75, 3.05) is 13.7 Å². The summed E-state index contributed by atoms with van der Waals surface area (Å²) in [6, 6.07) is 14.0. The molecule has 146 valence electrons. The molecule has 1 fully saturated rings. The normalized spacial score (nSPS) is 18.9. The third kappa shape index (κ3) is 3.76. The van der Waals surface area contributed by atoms with Gasteiger partial charge in [-0.2, -0.15) is 0 Å². The Morgan fingerprint density at radius 3 is 2.43 bits per heavy atom. The number of Topliss-reactive ketones (excluding diaryl/α,β-unsaturated/α-hetero) is 1. The van der Waals surface area contributed by atoms with Crippen LogP contribution in [0, 0.1) is 0 Å². The fourth-order valence-electron chi connectivity index (χ4n) is 3.40. The molecular weight excluding hydrogens is 356 g/mol. The highest BCUT2D eigenvalue weighted by atomic mass is 16.5. The van der Waals surface area contributed by atoms with Gasteiger partial charge in [0.15, 0.2) is 5.78 Å². The van der Waals surface area contributed by atoms with Crippen LogP contribution >= 0.6 is 0 Å². The van der Waals surface area contributed by atoms with E-state index in [0.717, 1.165) is 22.4 Å². The number of imide groups is 1. The molecule has 0 saturated carbocycles. The Balaban J connectivity index is 1.76. The summed E-state index contributed by atoms with van der Waals surface area (Å²) in [7, 11) is 1.56. The van der Waals surface area contributed by atoms with Crippen LogP contribution in [0.4, 0.5) is 4.79 Å². The van der Waals surface area contributed by atoms with Gasteiger partial charge in [0.2, 0.25) is 0 Å². The van der Waals surface area contributed by atoms with Crippen LogP contribution in [0.5, 0.6) is 5.75 Å². The zero-order valence-electron chi connectivity index (χ0n) is 16.3. The van der Waals surface area contributed by atoms with Crippen molar-refractivity contribution >= 4 is 17.7 Å². The molecule has 1 aliphatic rings. The van der Waals surface area contributed by atoms with E-state index in [1.807, 2.05) is 37.3 Å². The van der Waals surface area contributed by atoms with E-state index < -0.39 is 17.5 Å². The van der Waals surface area contributed by atoms with Crippen LogP contribution in [0.3, 0.4) is 0 Å². The van der Waals surface area contributed by atoms with Gasteiger partial charge in [0, 0.05) is 12.0 Å². The Bertz CT molecular complexity index is 907. The molecule has 0 radical (unpaired) electrons. The molecule has 0 unspecified atom stereocenters. The second-order valence-corrected chi connectivity index (χ2v) is 7.12. The molecule has 3 amide bonds. The SMILES string of the molecule is CCc1ccc(C(=O)CN2C(=O)N[C@@](C)(Cc3ccccc3OC)C2=O)cc1. The quantitative estimate of drug-likeness (QED) is 0.592. The van der Waals surface area contributed by atoms with Crippen molar-refractivity contribution in [1.29, 1.82) is 0 Å². The Labute approximate surface area is 164 Å². The molecule has 6 heteroatoms. The van der Waals surface area contributed by atoms with Crippen molar-refractivity contribution < 1.29 is 19.1 Å². The monoisotopic (exact) mass is 380 g/mol. The Morgan fingerprint density at radius 2 is 1.79 bits per heavy atom. The van der Waals surface area contributed by atoms with Crippen molar-refractivity contribution in [1.82, 2.24) is 10.2 Å². The van der Waals surface area contributed by atoms with Crippen molar-refractivity contribution in [3.05, 3.63) is 65.2 Å². The van der Waals surface area contributed by atoms with E-state index in [4.69, 9.17) is 4.74 Å². The van der Waals surface area contributed by atoms with E-state index in [0.29, 0.717) is 11.3 Å². The number of urea groups is 1. The van der Waals surface area contributed by atoms with Crippen molar-refractivity contribution in [2.45, 2.75) is 32.2 Å². The van der Waals surface area contributed by atoms with Crippen LogP contribution in [0.2, 0.25) is 0 Å². The maximum Gasteiger partial charge on any atom is 0.325 e. The molecule has 3 rings (SSSR count). The Kier molecular flexibility index (Phi) is 5.49. The predicted octanol–water partition coefficient (Wildman–Crippen LogP) is 2.99. The molecule has 6 nitrogen and oxygen atoms in total. The second kappa shape index (κ2) is 7.84. The van der Waals surface area contributed by atoms with Crippen LogP contribution < -0.4 is 10.1 Å². The van der Waals surface area contributed by atoms with Crippen molar-refractivity contribution in [3.8, 4) is 5.75 Å². The number of ether oxygens (including phenoxy) is 1. The summed E-state index contributed by atoms with van der Waals surface area (Å²) < 4.78 is 5.34. The highest BCUT2D eigenvalue weighted by Gasteiger charge is 2.48. The third-order valence-electron chi connectivity index (χ3n) is 5.07. The number of carbonyl (C=O) groups is 3. The van der Waals surface area contributed by atoms with Crippen LogP contribution in [0.1, 0.15) is 35.3 Å². The van der Waals surface area contributed by atoms with Gasteiger partial charge in [0.05, 0.1) is 13.7 Å². The zero-order valence-corrected chi connectivity index (χ0v) is 16.3. The number of amides is 3. The summed E-state index contributed by atoms with van der Waals surface area (Å²) >= 11 is 0. The number of rotatable bonds is 7. The lowest BCUT2D eigenvalue weighted by atomic mass is 9.92. The molecule has 1 heterocycles. The van der Waals surface area contributed by atoms with E-state index in [-0.39, 0.29) is 18.7 Å². The first-order chi connectivity index (χ1) is 13.4. The standard InChI is InChI=1S/C22H24N2O4/c1-4-15-9-11-16(12-10-15)18(25)14-24-20(26)22(2,23-21(24)27)13-17-7-5-6-8-19(17)28-3/h5-12H,4,13-14H2,1-3H3,(H,23,27)/t22-/m0/s1. The third-order valence-corrected chi connectivity index (χ3v) is 5.07. The summed E-state index contributed by atoms with van der Waals surface area (Å²) in [4.78, 5) is 38.9. The minimum absolute atomic E-state index is 0.271. The van der Waals surface area contributed by atoms with Crippen LogP contribution in [-0.2, 0) is 17.6 Å². The lowest BCUT2D eigenvalue weighted by Gasteiger charge is -2.22. The predicted molar refractivity (Wildman–Crippen MR) is 105 cm³/mol.